The van der Waals surface area contributed by atoms with Gasteiger partial charge in [0.05, 0.1) is 6.04 Å². The predicted molar refractivity (Wildman–Crippen MR) is 101 cm³/mol. The molecule has 26 heavy (non-hydrogen) atoms. The summed E-state index contributed by atoms with van der Waals surface area (Å²) in [5.41, 5.74) is 6.06. The second kappa shape index (κ2) is 10.0. The number of nitrogens with zero attached hydrogens (tertiary/aromatic N) is 1. The molecular formula is C19H31N3O4. The lowest BCUT2D eigenvalue weighted by Crippen LogP contribution is -2.52. The van der Waals surface area contributed by atoms with E-state index in [-0.39, 0.29) is 25.7 Å². The Morgan fingerprint density at radius 3 is 2.31 bits per heavy atom. The van der Waals surface area contributed by atoms with Gasteiger partial charge in [0.25, 0.3) is 0 Å². The van der Waals surface area contributed by atoms with Crippen LogP contribution >= 0.6 is 0 Å². The number of amides is 2. The molecule has 0 aliphatic rings. The lowest BCUT2D eigenvalue weighted by molar-refractivity contribution is 0.0169. The van der Waals surface area contributed by atoms with Crippen LogP contribution < -0.4 is 11.1 Å². The number of hydrogen-bond acceptors (Lipinski definition) is 5. The molecule has 0 bridgehead atoms. The van der Waals surface area contributed by atoms with E-state index in [1.54, 1.807) is 4.90 Å². The molecule has 0 heterocycles. The fourth-order valence-electron chi connectivity index (χ4n) is 2.16. The molecule has 3 N–H and O–H groups in total. The molecule has 0 aliphatic carbocycles. The van der Waals surface area contributed by atoms with Crippen molar-refractivity contribution in [3.8, 4) is 0 Å². The van der Waals surface area contributed by atoms with Crippen LogP contribution in [0.2, 0.25) is 0 Å². The molecule has 0 saturated heterocycles. The van der Waals surface area contributed by atoms with Gasteiger partial charge in [0.15, 0.2) is 0 Å². The lowest BCUT2D eigenvalue weighted by atomic mass is 10.2. The average Bonchev–Trinajstić information content (AvgIpc) is 2.55. The molecule has 1 aromatic carbocycles. The third-order valence-electron chi connectivity index (χ3n) is 3.49. The van der Waals surface area contributed by atoms with Crippen molar-refractivity contribution in [2.24, 2.45) is 5.73 Å². The molecule has 0 aromatic heterocycles. The summed E-state index contributed by atoms with van der Waals surface area (Å²) in [5, 5.41) is 2.70. The van der Waals surface area contributed by atoms with Crippen LogP contribution in [0, 0.1) is 0 Å². The number of rotatable bonds is 7. The van der Waals surface area contributed by atoms with Crippen molar-refractivity contribution < 1.29 is 19.1 Å². The Morgan fingerprint density at radius 1 is 1.19 bits per heavy atom. The topological polar surface area (TPSA) is 93.9 Å². The smallest absolute Gasteiger partial charge is 0.410 e. The molecule has 1 unspecified atom stereocenters. The average molecular weight is 365 g/mol. The number of carbonyl (C=O) groups is 2. The third kappa shape index (κ3) is 8.20. The van der Waals surface area contributed by atoms with Crippen LogP contribution in [0.25, 0.3) is 0 Å². The number of ether oxygens (including phenoxy) is 2. The van der Waals surface area contributed by atoms with Crippen molar-refractivity contribution in [3.63, 3.8) is 0 Å². The van der Waals surface area contributed by atoms with Gasteiger partial charge >= 0.3 is 12.2 Å². The molecule has 0 saturated carbocycles. The van der Waals surface area contributed by atoms with Crippen LogP contribution in [0.5, 0.6) is 0 Å². The zero-order chi connectivity index (χ0) is 19.7. The molecule has 0 aliphatic heterocycles. The van der Waals surface area contributed by atoms with Gasteiger partial charge in [-0.3, -0.25) is 0 Å². The number of carbonyl (C=O) groups excluding carboxylic acids is 2. The highest BCUT2D eigenvalue weighted by atomic mass is 16.6. The SMILES string of the molecule is CC(C)N(CC(CN)NC(=O)OCc1ccccc1)C(=O)OC(C)(C)C. The Hall–Kier alpha value is -2.28. The lowest BCUT2D eigenvalue weighted by Gasteiger charge is -2.32. The van der Waals surface area contributed by atoms with E-state index < -0.39 is 23.8 Å². The summed E-state index contributed by atoms with van der Waals surface area (Å²) in [6, 6.07) is 8.86. The molecule has 1 aromatic rings. The van der Waals surface area contributed by atoms with Crippen molar-refractivity contribution >= 4 is 12.2 Å². The van der Waals surface area contributed by atoms with E-state index in [0.29, 0.717) is 0 Å². The summed E-state index contributed by atoms with van der Waals surface area (Å²) in [6.45, 7) is 9.77. The Kier molecular flexibility index (Phi) is 8.38. The number of alkyl carbamates (subject to hydrolysis) is 1. The molecular weight excluding hydrogens is 334 g/mol. The minimum Gasteiger partial charge on any atom is -0.445 e. The van der Waals surface area contributed by atoms with E-state index >= 15 is 0 Å². The van der Waals surface area contributed by atoms with E-state index in [4.69, 9.17) is 15.2 Å². The van der Waals surface area contributed by atoms with Crippen molar-refractivity contribution in [2.45, 2.75) is 58.9 Å². The molecule has 2 amide bonds. The van der Waals surface area contributed by atoms with Gasteiger partial charge in [-0.25, -0.2) is 9.59 Å². The van der Waals surface area contributed by atoms with Crippen LogP contribution in [0.4, 0.5) is 9.59 Å². The first-order chi connectivity index (χ1) is 12.1. The summed E-state index contributed by atoms with van der Waals surface area (Å²) >= 11 is 0. The van der Waals surface area contributed by atoms with Gasteiger partial charge in [0.2, 0.25) is 0 Å². The van der Waals surface area contributed by atoms with Crippen LogP contribution in [-0.4, -0.2) is 47.9 Å². The Labute approximate surface area is 155 Å². The first-order valence-corrected chi connectivity index (χ1v) is 8.79. The fraction of sp³-hybridized carbons (Fsp3) is 0.579. The molecule has 1 atom stereocenters. The molecule has 0 radical (unpaired) electrons. The van der Waals surface area contributed by atoms with Crippen molar-refractivity contribution in [3.05, 3.63) is 35.9 Å². The Balaban J connectivity index is 2.59. The molecule has 7 nitrogen and oxygen atoms in total. The van der Waals surface area contributed by atoms with Gasteiger partial charge in [0.1, 0.15) is 12.2 Å². The zero-order valence-electron chi connectivity index (χ0n) is 16.3. The van der Waals surface area contributed by atoms with Crippen LogP contribution in [0.1, 0.15) is 40.2 Å². The van der Waals surface area contributed by atoms with Gasteiger partial charge in [-0.15, -0.1) is 0 Å². The summed E-state index contributed by atoms with van der Waals surface area (Å²) < 4.78 is 10.6. The Bertz CT molecular complexity index is 570. The van der Waals surface area contributed by atoms with Crippen LogP contribution in [0.3, 0.4) is 0 Å². The van der Waals surface area contributed by atoms with E-state index in [9.17, 15) is 9.59 Å². The van der Waals surface area contributed by atoms with Gasteiger partial charge in [-0.05, 0) is 40.2 Å². The maximum absolute atomic E-state index is 12.4. The minimum atomic E-state index is -0.593. The summed E-state index contributed by atoms with van der Waals surface area (Å²) in [4.78, 5) is 25.9. The van der Waals surface area contributed by atoms with Crippen molar-refractivity contribution in [1.29, 1.82) is 0 Å². The van der Waals surface area contributed by atoms with E-state index in [2.05, 4.69) is 5.32 Å². The fourth-order valence-corrected chi connectivity index (χ4v) is 2.16. The van der Waals surface area contributed by atoms with Crippen molar-refractivity contribution in [2.75, 3.05) is 13.1 Å². The zero-order valence-corrected chi connectivity index (χ0v) is 16.3. The van der Waals surface area contributed by atoms with E-state index in [1.165, 1.54) is 0 Å². The van der Waals surface area contributed by atoms with Gasteiger partial charge in [-0.2, -0.15) is 0 Å². The predicted octanol–water partition coefficient (Wildman–Crippen LogP) is 2.89. The second-order valence-electron chi connectivity index (χ2n) is 7.37. The summed E-state index contributed by atoms with van der Waals surface area (Å²) in [7, 11) is 0. The first kappa shape index (κ1) is 21.8. The highest BCUT2D eigenvalue weighted by Gasteiger charge is 2.27. The highest BCUT2D eigenvalue weighted by molar-refractivity contribution is 5.69. The van der Waals surface area contributed by atoms with E-state index in [0.717, 1.165) is 5.56 Å². The van der Waals surface area contributed by atoms with Gasteiger partial charge in [-0.1, -0.05) is 30.3 Å². The molecule has 0 fully saturated rings. The first-order valence-electron chi connectivity index (χ1n) is 8.79. The molecule has 1 rings (SSSR count). The molecule has 7 heteroatoms. The quantitative estimate of drug-likeness (QED) is 0.775. The number of benzene rings is 1. The molecule has 0 spiro atoms. The van der Waals surface area contributed by atoms with Crippen molar-refractivity contribution in [1.82, 2.24) is 10.2 Å². The molecule has 146 valence electrons. The highest BCUT2D eigenvalue weighted by Crippen LogP contribution is 2.12. The number of hydrogen-bond donors (Lipinski definition) is 2. The third-order valence-corrected chi connectivity index (χ3v) is 3.49. The van der Waals surface area contributed by atoms with Gasteiger partial charge < -0.3 is 25.4 Å². The van der Waals surface area contributed by atoms with Crippen LogP contribution in [0.15, 0.2) is 30.3 Å². The standard InChI is InChI=1S/C19H31N3O4/c1-14(2)22(18(24)26-19(3,4)5)12-16(11-20)21-17(23)25-13-15-9-7-6-8-10-15/h6-10,14,16H,11-13,20H2,1-5H3,(H,21,23). The maximum Gasteiger partial charge on any atom is 0.410 e. The number of nitrogens with two attached hydrogens (primary N) is 1. The largest absolute Gasteiger partial charge is 0.445 e. The minimum absolute atomic E-state index is 0.0963. The maximum atomic E-state index is 12.4. The van der Waals surface area contributed by atoms with Crippen LogP contribution in [-0.2, 0) is 16.1 Å². The number of nitrogens with one attached hydrogen (secondary N) is 1. The summed E-state index contributed by atoms with van der Waals surface area (Å²) in [5.74, 6) is 0. The van der Waals surface area contributed by atoms with Gasteiger partial charge in [0, 0.05) is 19.1 Å². The normalized spacial score (nSPS) is 12.4. The summed E-state index contributed by atoms with van der Waals surface area (Å²) in [6.07, 6.45) is -1.01. The van der Waals surface area contributed by atoms with E-state index in [1.807, 2.05) is 65.0 Å². The Morgan fingerprint density at radius 2 is 1.81 bits per heavy atom. The second-order valence-corrected chi connectivity index (χ2v) is 7.37. The monoisotopic (exact) mass is 365 g/mol.